The number of benzene rings is 2. The fourth-order valence-electron chi connectivity index (χ4n) is 2.02. The number of anilines is 1. The van der Waals surface area contributed by atoms with Crippen molar-refractivity contribution in [3.63, 3.8) is 0 Å². The molecule has 0 saturated carbocycles. The molecular weight excluding hydrogens is 210 g/mol. The van der Waals surface area contributed by atoms with Crippen molar-refractivity contribution < 1.29 is 4.74 Å². The van der Waals surface area contributed by atoms with Crippen LogP contribution in [-0.2, 0) is 0 Å². The Morgan fingerprint density at radius 1 is 0.941 bits per heavy atom. The molecule has 0 aromatic heterocycles. The molecule has 88 valence electrons. The number of hydrogen-bond donors (Lipinski definition) is 1. The molecule has 0 radical (unpaired) electrons. The van der Waals surface area contributed by atoms with Gasteiger partial charge in [-0.15, -0.1) is 0 Å². The van der Waals surface area contributed by atoms with Crippen LogP contribution >= 0.6 is 0 Å². The highest BCUT2D eigenvalue weighted by molar-refractivity contribution is 5.75. The van der Waals surface area contributed by atoms with Gasteiger partial charge in [0.1, 0.15) is 5.75 Å². The molecule has 0 amide bonds. The lowest BCUT2D eigenvalue weighted by molar-refractivity contribution is 0.416. The van der Waals surface area contributed by atoms with Crippen LogP contribution in [0.25, 0.3) is 11.1 Å². The maximum Gasteiger partial charge on any atom is 0.126 e. The van der Waals surface area contributed by atoms with Crippen LogP contribution in [-0.4, -0.2) is 7.11 Å². The maximum atomic E-state index is 5.77. The summed E-state index contributed by atoms with van der Waals surface area (Å²) in [5.74, 6) is 0.892. The van der Waals surface area contributed by atoms with E-state index >= 15 is 0 Å². The van der Waals surface area contributed by atoms with E-state index in [0.717, 1.165) is 22.6 Å². The second kappa shape index (κ2) is 4.50. The molecule has 2 heteroatoms. The lowest BCUT2D eigenvalue weighted by atomic mass is 9.98. The van der Waals surface area contributed by atoms with Crippen molar-refractivity contribution in [1.29, 1.82) is 0 Å². The topological polar surface area (TPSA) is 35.2 Å². The fourth-order valence-corrected chi connectivity index (χ4v) is 2.02. The first kappa shape index (κ1) is 11.5. The monoisotopic (exact) mass is 227 g/mol. The van der Waals surface area contributed by atoms with Gasteiger partial charge in [0.2, 0.25) is 0 Å². The summed E-state index contributed by atoms with van der Waals surface area (Å²) in [7, 11) is 1.70. The minimum atomic E-state index is 0.790. The van der Waals surface area contributed by atoms with Crippen molar-refractivity contribution in [2.24, 2.45) is 0 Å². The highest BCUT2D eigenvalue weighted by Crippen LogP contribution is 2.33. The lowest BCUT2D eigenvalue weighted by Crippen LogP contribution is -1.92. The number of aryl methyl sites for hydroxylation is 2. The Bertz CT molecular complexity index is 547. The zero-order valence-corrected chi connectivity index (χ0v) is 10.4. The normalized spacial score (nSPS) is 10.3. The van der Waals surface area contributed by atoms with Crippen LogP contribution in [0.4, 0.5) is 5.69 Å². The van der Waals surface area contributed by atoms with Gasteiger partial charge in [0.25, 0.3) is 0 Å². The SMILES string of the molecule is COc1ccc(C)cc1-c1ccc(N)cc1C. The highest BCUT2D eigenvalue weighted by Gasteiger charge is 2.08. The zero-order valence-electron chi connectivity index (χ0n) is 10.4. The minimum Gasteiger partial charge on any atom is -0.496 e. The van der Waals surface area contributed by atoms with E-state index in [-0.39, 0.29) is 0 Å². The largest absolute Gasteiger partial charge is 0.496 e. The molecule has 17 heavy (non-hydrogen) atoms. The fraction of sp³-hybridized carbons (Fsp3) is 0.200. The Hall–Kier alpha value is -1.96. The van der Waals surface area contributed by atoms with Crippen molar-refractivity contribution >= 4 is 5.69 Å². The van der Waals surface area contributed by atoms with Crippen LogP contribution in [0.5, 0.6) is 5.75 Å². The minimum absolute atomic E-state index is 0.790. The number of hydrogen-bond acceptors (Lipinski definition) is 2. The van der Waals surface area contributed by atoms with Crippen LogP contribution < -0.4 is 10.5 Å². The van der Waals surface area contributed by atoms with Crippen LogP contribution in [0.3, 0.4) is 0 Å². The summed E-state index contributed by atoms with van der Waals surface area (Å²) in [4.78, 5) is 0. The lowest BCUT2D eigenvalue weighted by Gasteiger charge is -2.12. The van der Waals surface area contributed by atoms with E-state index in [0.29, 0.717) is 0 Å². The molecule has 0 bridgehead atoms. The van der Waals surface area contributed by atoms with E-state index in [2.05, 4.69) is 26.0 Å². The Morgan fingerprint density at radius 2 is 1.71 bits per heavy atom. The number of nitrogens with two attached hydrogens (primary N) is 1. The smallest absolute Gasteiger partial charge is 0.126 e. The predicted molar refractivity (Wildman–Crippen MR) is 72.3 cm³/mol. The third kappa shape index (κ3) is 2.26. The highest BCUT2D eigenvalue weighted by atomic mass is 16.5. The molecule has 2 N–H and O–H groups in total. The Labute approximate surface area is 102 Å². The van der Waals surface area contributed by atoms with Gasteiger partial charge in [-0.1, -0.05) is 17.7 Å². The van der Waals surface area contributed by atoms with Gasteiger partial charge < -0.3 is 10.5 Å². The first-order valence-corrected chi connectivity index (χ1v) is 5.63. The quantitative estimate of drug-likeness (QED) is 0.796. The molecule has 2 rings (SSSR count). The third-order valence-electron chi connectivity index (χ3n) is 2.90. The molecule has 0 aliphatic heterocycles. The summed E-state index contributed by atoms with van der Waals surface area (Å²) < 4.78 is 5.41. The Morgan fingerprint density at radius 3 is 2.35 bits per heavy atom. The second-order valence-electron chi connectivity index (χ2n) is 4.28. The van der Waals surface area contributed by atoms with Crippen molar-refractivity contribution in [1.82, 2.24) is 0 Å². The van der Waals surface area contributed by atoms with E-state index in [9.17, 15) is 0 Å². The van der Waals surface area contributed by atoms with Crippen molar-refractivity contribution in [2.45, 2.75) is 13.8 Å². The molecule has 2 aromatic rings. The summed E-state index contributed by atoms with van der Waals surface area (Å²) in [5.41, 5.74) is 11.2. The van der Waals surface area contributed by atoms with E-state index in [1.807, 2.05) is 24.3 Å². The third-order valence-corrected chi connectivity index (χ3v) is 2.90. The van der Waals surface area contributed by atoms with Crippen LogP contribution in [0.15, 0.2) is 36.4 Å². The molecule has 0 fully saturated rings. The van der Waals surface area contributed by atoms with Crippen molar-refractivity contribution in [2.75, 3.05) is 12.8 Å². The average molecular weight is 227 g/mol. The first-order valence-electron chi connectivity index (χ1n) is 5.63. The van der Waals surface area contributed by atoms with Gasteiger partial charge in [-0.25, -0.2) is 0 Å². The van der Waals surface area contributed by atoms with Crippen LogP contribution in [0.2, 0.25) is 0 Å². The van der Waals surface area contributed by atoms with E-state index in [1.54, 1.807) is 7.11 Å². The second-order valence-corrected chi connectivity index (χ2v) is 4.28. The Kier molecular flexibility index (Phi) is 3.05. The number of ether oxygens (including phenoxy) is 1. The number of methoxy groups -OCH3 is 1. The van der Waals surface area contributed by atoms with Crippen LogP contribution in [0, 0.1) is 13.8 Å². The summed E-state index contributed by atoms with van der Waals surface area (Å²) in [6.07, 6.45) is 0. The molecule has 2 aromatic carbocycles. The molecule has 0 spiro atoms. The van der Waals surface area contributed by atoms with Crippen molar-refractivity contribution in [3.8, 4) is 16.9 Å². The average Bonchev–Trinajstić information content (AvgIpc) is 2.29. The summed E-state index contributed by atoms with van der Waals surface area (Å²) in [6, 6.07) is 12.1. The molecule has 0 unspecified atom stereocenters. The van der Waals surface area contributed by atoms with Gasteiger partial charge >= 0.3 is 0 Å². The van der Waals surface area contributed by atoms with Crippen molar-refractivity contribution in [3.05, 3.63) is 47.5 Å². The van der Waals surface area contributed by atoms with Crippen LogP contribution in [0.1, 0.15) is 11.1 Å². The molecular formula is C15H17NO. The molecule has 2 nitrogen and oxygen atoms in total. The van der Waals surface area contributed by atoms with Gasteiger partial charge in [-0.05, 0) is 49.2 Å². The maximum absolute atomic E-state index is 5.77. The molecule has 0 atom stereocenters. The van der Waals surface area contributed by atoms with Gasteiger partial charge in [-0.3, -0.25) is 0 Å². The van der Waals surface area contributed by atoms with E-state index < -0.39 is 0 Å². The number of rotatable bonds is 2. The summed E-state index contributed by atoms with van der Waals surface area (Å²) >= 11 is 0. The standard InChI is InChI=1S/C15H17NO/c1-10-4-7-15(17-3)14(8-10)13-6-5-12(16)9-11(13)2/h4-9H,16H2,1-3H3. The van der Waals surface area contributed by atoms with Gasteiger partial charge in [0.05, 0.1) is 7.11 Å². The molecule has 0 heterocycles. The van der Waals surface area contributed by atoms with Gasteiger partial charge in [-0.2, -0.15) is 0 Å². The van der Waals surface area contributed by atoms with Gasteiger partial charge in [0, 0.05) is 11.3 Å². The van der Waals surface area contributed by atoms with E-state index in [4.69, 9.17) is 10.5 Å². The van der Waals surface area contributed by atoms with Gasteiger partial charge in [0.15, 0.2) is 0 Å². The molecule has 0 saturated heterocycles. The number of nitrogen functional groups attached to an aromatic ring is 1. The Balaban J connectivity index is 2.62. The van der Waals surface area contributed by atoms with E-state index in [1.165, 1.54) is 11.1 Å². The summed E-state index contributed by atoms with van der Waals surface area (Å²) in [6.45, 7) is 4.14. The first-order chi connectivity index (χ1) is 8.11. The predicted octanol–water partition coefficient (Wildman–Crippen LogP) is 3.56. The zero-order chi connectivity index (χ0) is 12.4. The summed E-state index contributed by atoms with van der Waals surface area (Å²) in [5, 5.41) is 0. The molecule has 0 aliphatic rings. The molecule has 0 aliphatic carbocycles.